The fourth-order valence-corrected chi connectivity index (χ4v) is 2.35. The highest BCUT2D eigenvalue weighted by molar-refractivity contribution is 6.40. The molecule has 0 aliphatic carbocycles. The summed E-state index contributed by atoms with van der Waals surface area (Å²) in [6, 6.07) is 10.5. The largest absolute Gasteiger partial charge is 0.326 e. The van der Waals surface area contributed by atoms with Crippen LogP contribution in [0.15, 0.2) is 42.5 Å². The molecule has 0 heterocycles. The van der Waals surface area contributed by atoms with Gasteiger partial charge in [0.25, 0.3) is 5.91 Å². The molecule has 2 aromatic rings. The number of amides is 3. The number of imide groups is 1. The Morgan fingerprint density at radius 3 is 2.00 bits per heavy atom. The van der Waals surface area contributed by atoms with Crippen LogP contribution in [-0.2, 0) is 0 Å². The van der Waals surface area contributed by atoms with Gasteiger partial charge in [0.05, 0.1) is 26.3 Å². The smallest absolute Gasteiger partial charge is 0.306 e. The quantitative estimate of drug-likeness (QED) is 0.836. The lowest BCUT2D eigenvalue weighted by Crippen LogP contribution is -2.34. The number of rotatable bonds is 2. The molecule has 0 unspecified atom stereocenters. The minimum absolute atomic E-state index is 0.0372. The van der Waals surface area contributed by atoms with Crippen LogP contribution in [-0.4, -0.2) is 11.9 Å². The van der Waals surface area contributed by atoms with Crippen molar-refractivity contribution in [3.05, 3.63) is 63.1 Å². The number of benzene rings is 2. The van der Waals surface area contributed by atoms with Crippen LogP contribution in [0.1, 0.15) is 10.4 Å². The lowest BCUT2D eigenvalue weighted by molar-refractivity contribution is 0.0967. The van der Waals surface area contributed by atoms with Gasteiger partial charge in [0.2, 0.25) is 0 Å². The van der Waals surface area contributed by atoms with Gasteiger partial charge in [-0.25, -0.2) is 4.79 Å². The predicted molar refractivity (Wildman–Crippen MR) is 84.4 cm³/mol. The zero-order chi connectivity index (χ0) is 15.4. The second kappa shape index (κ2) is 6.80. The molecule has 0 bridgehead atoms. The molecule has 0 aromatic heterocycles. The van der Waals surface area contributed by atoms with Crippen LogP contribution in [0.3, 0.4) is 0 Å². The van der Waals surface area contributed by atoms with Gasteiger partial charge in [-0.3, -0.25) is 10.1 Å². The number of para-hydroxylation sites is 1. The molecule has 0 spiro atoms. The highest BCUT2D eigenvalue weighted by Gasteiger charge is 2.17. The number of urea groups is 1. The highest BCUT2D eigenvalue weighted by Crippen LogP contribution is 2.24. The lowest BCUT2D eigenvalue weighted by atomic mass is 10.2. The van der Waals surface area contributed by atoms with Crippen molar-refractivity contribution in [2.24, 2.45) is 0 Å². The minimum atomic E-state index is -0.732. The fraction of sp³-hybridized carbons (Fsp3) is 0. The summed E-state index contributed by atoms with van der Waals surface area (Å²) in [4.78, 5) is 23.8. The second-order valence-corrected chi connectivity index (χ2v) is 5.21. The first-order chi connectivity index (χ1) is 9.99. The van der Waals surface area contributed by atoms with E-state index in [4.69, 9.17) is 34.8 Å². The normalized spacial score (nSPS) is 10.0. The molecule has 0 aliphatic rings. The average molecular weight is 344 g/mol. The molecule has 21 heavy (non-hydrogen) atoms. The second-order valence-electron chi connectivity index (χ2n) is 3.98. The van der Waals surface area contributed by atoms with Gasteiger partial charge in [0.15, 0.2) is 0 Å². The van der Waals surface area contributed by atoms with Crippen LogP contribution >= 0.6 is 34.8 Å². The van der Waals surface area contributed by atoms with Crippen molar-refractivity contribution in [2.45, 2.75) is 0 Å². The fourth-order valence-electron chi connectivity index (χ4n) is 1.60. The molecule has 0 radical (unpaired) electrons. The Hall–Kier alpha value is -1.75. The Balaban J connectivity index is 2.10. The Morgan fingerprint density at radius 1 is 0.810 bits per heavy atom. The van der Waals surface area contributed by atoms with Gasteiger partial charge in [-0.1, -0.05) is 53.0 Å². The monoisotopic (exact) mass is 342 g/mol. The molecule has 0 aliphatic heterocycles. The summed E-state index contributed by atoms with van der Waals surface area (Å²) in [5.74, 6) is -0.699. The van der Waals surface area contributed by atoms with Crippen molar-refractivity contribution >= 4 is 52.4 Å². The van der Waals surface area contributed by atoms with Crippen molar-refractivity contribution in [2.75, 3.05) is 5.32 Å². The van der Waals surface area contributed by atoms with Crippen molar-refractivity contribution in [1.82, 2.24) is 5.32 Å². The first-order valence-electron chi connectivity index (χ1n) is 5.80. The van der Waals surface area contributed by atoms with Crippen molar-refractivity contribution in [3.63, 3.8) is 0 Å². The Labute approximate surface area is 136 Å². The zero-order valence-electron chi connectivity index (χ0n) is 10.5. The predicted octanol–water partition coefficient (Wildman–Crippen LogP) is 4.61. The number of halogens is 3. The van der Waals surface area contributed by atoms with E-state index in [0.717, 1.165) is 0 Å². The average Bonchev–Trinajstić information content (AvgIpc) is 2.41. The Kier molecular flexibility index (Phi) is 5.07. The summed E-state index contributed by atoms with van der Waals surface area (Å²) in [6.45, 7) is 0. The van der Waals surface area contributed by atoms with E-state index in [1.165, 1.54) is 12.1 Å². The van der Waals surface area contributed by atoms with Crippen molar-refractivity contribution < 1.29 is 9.59 Å². The van der Waals surface area contributed by atoms with E-state index in [-0.39, 0.29) is 15.6 Å². The summed E-state index contributed by atoms with van der Waals surface area (Å²) >= 11 is 17.7. The molecular weight excluding hydrogens is 335 g/mol. The van der Waals surface area contributed by atoms with Gasteiger partial charge in [0, 0.05) is 0 Å². The third-order valence-corrected chi connectivity index (χ3v) is 3.50. The van der Waals surface area contributed by atoms with Crippen LogP contribution in [0.5, 0.6) is 0 Å². The molecule has 2 rings (SSSR count). The standard InChI is InChI=1S/C14H9Cl3N2O2/c15-8-4-1-2-7-11(8)18-14(21)19-13(20)12-9(16)5-3-6-10(12)17/h1-7H,(H2,18,19,20,21). The van der Waals surface area contributed by atoms with Crippen LogP contribution in [0.4, 0.5) is 10.5 Å². The van der Waals surface area contributed by atoms with Gasteiger partial charge in [-0.2, -0.15) is 0 Å². The third-order valence-electron chi connectivity index (χ3n) is 2.54. The molecule has 2 aromatic carbocycles. The number of carbonyl (C=O) groups excluding carboxylic acids is 2. The van der Waals surface area contributed by atoms with Crippen molar-refractivity contribution in [3.8, 4) is 0 Å². The maximum absolute atomic E-state index is 12.0. The van der Waals surface area contributed by atoms with Gasteiger partial charge in [-0.05, 0) is 24.3 Å². The van der Waals surface area contributed by atoms with E-state index in [1.54, 1.807) is 30.3 Å². The summed E-state index contributed by atoms with van der Waals surface area (Å²) < 4.78 is 0. The molecule has 4 nitrogen and oxygen atoms in total. The zero-order valence-corrected chi connectivity index (χ0v) is 12.8. The summed E-state index contributed by atoms with van der Waals surface area (Å²) in [7, 11) is 0. The van der Waals surface area contributed by atoms with Gasteiger partial charge in [0.1, 0.15) is 0 Å². The maximum atomic E-state index is 12.0. The molecule has 2 N–H and O–H groups in total. The van der Waals surface area contributed by atoms with Crippen molar-refractivity contribution in [1.29, 1.82) is 0 Å². The van der Waals surface area contributed by atoms with Gasteiger partial charge in [-0.15, -0.1) is 0 Å². The van der Waals surface area contributed by atoms with Gasteiger partial charge >= 0.3 is 6.03 Å². The highest BCUT2D eigenvalue weighted by atomic mass is 35.5. The summed E-state index contributed by atoms with van der Waals surface area (Å²) in [6.07, 6.45) is 0. The van der Waals surface area contributed by atoms with Crippen LogP contribution in [0, 0.1) is 0 Å². The number of carbonyl (C=O) groups is 2. The molecule has 7 heteroatoms. The third kappa shape index (κ3) is 3.88. The molecule has 0 atom stereocenters. The summed E-state index contributed by atoms with van der Waals surface area (Å²) in [5, 5.41) is 5.27. The van der Waals surface area contributed by atoms with E-state index >= 15 is 0 Å². The van der Waals surface area contributed by atoms with Gasteiger partial charge < -0.3 is 5.32 Å². The van der Waals surface area contributed by atoms with E-state index in [2.05, 4.69) is 10.6 Å². The number of anilines is 1. The maximum Gasteiger partial charge on any atom is 0.326 e. The Morgan fingerprint density at radius 2 is 1.38 bits per heavy atom. The van der Waals surface area contributed by atoms with Crippen LogP contribution in [0.2, 0.25) is 15.1 Å². The molecule has 3 amide bonds. The topological polar surface area (TPSA) is 58.2 Å². The molecule has 0 fully saturated rings. The Bertz CT molecular complexity index is 684. The van der Waals surface area contributed by atoms with Crippen LogP contribution in [0.25, 0.3) is 0 Å². The SMILES string of the molecule is O=C(NC(=O)c1c(Cl)cccc1Cl)Nc1ccccc1Cl. The number of hydrogen-bond acceptors (Lipinski definition) is 2. The number of nitrogens with one attached hydrogen (secondary N) is 2. The van der Waals surface area contributed by atoms with E-state index in [9.17, 15) is 9.59 Å². The molecular formula is C14H9Cl3N2O2. The first-order valence-corrected chi connectivity index (χ1v) is 6.93. The van der Waals surface area contributed by atoms with Crippen LogP contribution < -0.4 is 10.6 Å². The molecule has 0 saturated heterocycles. The van der Waals surface area contributed by atoms with E-state index < -0.39 is 11.9 Å². The minimum Gasteiger partial charge on any atom is -0.306 e. The first kappa shape index (κ1) is 15.6. The molecule has 108 valence electrons. The summed E-state index contributed by atoms with van der Waals surface area (Å²) in [5.41, 5.74) is 0.421. The van der Waals surface area contributed by atoms with E-state index in [1.807, 2.05) is 0 Å². The molecule has 0 saturated carbocycles. The number of hydrogen-bond donors (Lipinski definition) is 2. The lowest BCUT2D eigenvalue weighted by Gasteiger charge is -2.09. The van der Waals surface area contributed by atoms with E-state index in [0.29, 0.717) is 10.7 Å².